The molecule has 6 heteroatoms. The van der Waals surface area contributed by atoms with E-state index >= 15 is 0 Å². The van der Waals surface area contributed by atoms with Crippen LogP contribution < -0.4 is 10.8 Å². The number of anilines is 1. The highest BCUT2D eigenvalue weighted by atomic mass is 16.7. The molecule has 0 spiro atoms. The lowest BCUT2D eigenvalue weighted by molar-refractivity contribution is 0.00578. The van der Waals surface area contributed by atoms with Crippen LogP contribution in [-0.2, 0) is 9.31 Å². The third kappa shape index (κ3) is 3.76. The Bertz CT molecular complexity index is 476. The Hall–Kier alpha value is -1.11. The molecular formula is C15H26BN3O2. The molecular weight excluding hydrogens is 265 g/mol. The lowest BCUT2D eigenvalue weighted by atomic mass is 9.80. The maximum Gasteiger partial charge on any atom is 0.495 e. The zero-order valence-corrected chi connectivity index (χ0v) is 13.9. The summed E-state index contributed by atoms with van der Waals surface area (Å²) in [7, 11) is 3.76. The quantitative estimate of drug-likeness (QED) is 0.830. The number of pyridine rings is 1. The summed E-state index contributed by atoms with van der Waals surface area (Å²) in [5.74, 6) is 0.851. The fourth-order valence-corrected chi connectivity index (χ4v) is 2.08. The Kier molecular flexibility index (Phi) is 4.61. The fourth-order valence-electron chi connectivity index (χ4n) is 2.08. The van der Waals surface area contributed by atoms with Crippen LogP contribution >= 0.6 is 0 Å². The zero-order chi connectivity index (χ0) is 15.7. The lowest BCUT2D eigenvalue weighted by Gasteiger charge is -2.32. The summed E-state index contributed by atoms with van der Waals surface area (Å²) in [6.45, 7) is 10.1. The number of hydrogen-bond acceptors (Lipinski definition) is 5. The van der Waals surface area contributed by atoms with E-state index in [1.165, 1.54) is 0 Å². The molecule has 2 heterocycles. The van der Waals surface area contributed by atoms with Gasteiger partial charge in [-0.15, -0.1) is 0 Å². The second-order valence-corrected chi connectivity index (χ2v) is 6.79. The number of hydrogen-bond donors (Lipinski definition) is 1. The van der Waals surface area contributed by atoms with Gasteiger partial charge in [-0.2, -0.15) is 0 Å². The van der Waals surface area contributed by atoms with Crippen LogP contribution in [0.25, 0.3) is 0 Å². The minimum atomic E-state index is -0.340. The van der Waals surface area contributed by atoms with E-state index in [1.54, 1.807) is 6.20 Å². The molecule has 0 unspecified atom stereocenters. The minimum absolute atomic E-state index is 0.320. The number of nitrogens with one attached hydrogen (secondary N) is 1. The molecule has 0 saturated carbocycles. The Balaban J connectivity index is 2.05. The van der Waals surface area contributed by atoms with Gasteiger partial charge in [-0.3, -0.25) is 0 Å². The first kappa shape index (κ1) is 16.3. The van der Waals surface area contributed by atoms with Gasteiger partial charge in [-0.05, 0) is 59.4 Å². The Labute approximate surface area is 128 Å². The second-order valence-electron chi connectivity index (χ2n) is 6.79. The maximum atomic E-state index is 6.06. The van der Waals surface area contributed by atoms with Crippen LogP contribution in [0.3, 0.4) is 0 Å². The number of aromatic nitrogens is 1. The van der Waals surface area contributed by atoms with Crippen molar-refractivity contribution in [2.24, 2.45) is 0 Å². The van der Waals surface area contributed by atoms with Crippen LogP contribution in [0.4, 0.5) is 5.82 Å². The van der Waals surface area contributed by atoms with Gasteiger partial charge in [0, 0.05) is 19.3 Å². The van der Waals surface area contributed by atoms with Crippen molar-refractivity contribution in [1.82, 2.24) is 9.88 Å². The highest BCUT2D eigenvalue weighted by Gasteiger charge is 2.51. The van der Waals surface area contributed by atoms with Gasteiger partial charge >= 0.3 is 7.12 Å². The Morgan fingerprint density at radius 3 is 2.38 bits per heavy atom. The monoisotopic (exact) mass is 291 g/mol. The zero-order valence-electron chi connectivity index (χ0n) is 13.9. The average molecular weight is 291 g/mol. The minimum Gasteiger partial charge on any atom is -0.399 e. The summed E-state index contributed by atoms with van der Waals surface area (Å²) in [4.78, 5) is 6.47. The molecule has 1 aromatic heterocycles. The van der Waals surface area contributed by atoms with E-state index in [-0.39, 0.29) is 18.3 Å². The van der Waals surface area contributed by atoms with E-state index in [0.717, 1.165) is 24.4 Å². The van der Waals surface area contributed by atoms with Crippen LogP contribution in [0.1, 0.15) is 27.7 Å². The first-order valence-electron chi connectivity index (χ1n) is 7.41. The smallest absolute Gasteiger partial charge is 0.399 e. The van der Waals surface area contributed by atoms with Gasteiger partial charge in [-0.25, -0.2) is 4.98 Å². The molecule has 1 fully saturated rings. The van der Waals surface area contributed by atoms with Gasteiger partial charge in [-0.1, -0.05) is 0 Å². The van der Waals surface area contributed by atoms with Gasteiger partial charge in [0.25, 0.3) is 0 Å². The average Bonchev–Trinajstić information content (AvgIpc) is 2.58. The standard InChI is InChI=1S/C15H26BN3O2/c1-14(2)15(3,4)21-16(20-14)12-7-8-17-13(11-12)18-9-10-19(5)6/h7-8,11H,9-10H2,1-6H3,(H,17,18). The van der Waals surface area contributed by atoms with Crippen molar-refractivity contribution in [3.63, 3.8) is 0 Å². The van der Waals surface area contributed by atoms with Gasteiger partial charge in [0.15, 0.2) is 0 Å². The van der Waals surface area contributed by atoms with Crippen molar-refractivity contribution in [1.29, 1.82) is 0 Å². The molecule has 1 saturated heterocycles. The number of nitrogens with zero attached hydrogens (tertiary/aromatic N) is 2. The van der Waals surface area contributed by atoms with Crippen LogP contribution in [0.2, 0.25) is 0 Å². The summed E-state index contributed by atoms with van der Waals surface area (Å²) in [6.07, 6.45) is 1.79. The maximum absolute atomic E-state index is 6.06. The Morgan fingerprint density at radius 2 is 1.81 bits per heavy atom. The van der Waals surface area contributed by atoms with E-state index in [9.17, 15) is 0 Å². The highest BCUT2D eigenvalue weighted by molar-refractivity contribution is 6.62. The van der Waals surface area contributed by atoms with Crippen molar-refractivity contribution >= 4 is 18.4 Å². The molecule has 0 radical (unpaired) electrons. The van der Waals surface area contributed by atoms with Gasteiger partial charge in [0.2, 0.25) is 0 Å². The lowest BCUT2D eigenvalue weighted by Crippen LogP contribution is -2.41. The highest BCUT2D eigenvalue weighted by Crippen LogP contribution is 2.36. The van der Waals surface area contributed by atoms with Crippen LogP contribution in [-0.4, -0.2) is 55.4 Å². The predicted octanol–water partition coefficient (Wildman–Crippen LogP) is 1.35. The molecule has 2 rings (SSSR count). The van der Waals surface area contributed by atoms with Gasteiger partial charge in [0.05, 0.1) is 11.2 Å². The second kappa shape index (κ2) is 5.95. The van der Waals surface area contributed by atoms with Crippen molar-refractivity contribution in [3.05, 3.63) is 18.3 Å². The summed E-state index contributed by atoms with van der Waals surface area (Å²) < 4.78 is 12.1. The summed E-state index contributed by atoms with van der Waals surface area (Å²) in [5, 5.41) is 3.32. The molecule has 0 aromatic carbocycles. The van der Waals surface area contributed by atoms with E-state index < -0.39 is 0 Å². The number of likely N-dealkylation sites (N-methyl/N-ethyl adjacent to an activating group) is 1. The van der Waals surface area contributed by atoms with Crippen molar-refractivity contribution < 1.29 is 9.31 Å². The first-order chi connectivity index (χ1) is 9.71. The molecule has 1 aromatic rings. The van der Waals surface area contributed by atoms with Crippen molar-refractivity contribution in [3.8, 4) is 0 Å². The first-order valence-corrected chi connectivity index (χ1v) is 7.41. The van der Waals surface area contributed by atoms with Crippen molar-refractivity contribution in [2.45, 2.75) is 38.9 Å². The number of rotatable bonds is 5. The molecule has 116 valence electrons. The normalized spacial score (nSPS) is 20.0. The van der Waals surface area contributed by atoms with E-state index in [1.807, 2.05) is 12.1 Å². The molecule has 21 heavy (non-hydrogen) atoms. The molecule has 0 amide bonds. The third-order valence-corrected chi connectivity index (χ3v) is 4.17. The summed E-state index contributed by atoms with van der Waals surface area (Å²) in [5.41, 5.74) is 0.356. The largest absolute Gasteiger partial charge is 0.495 e. The molecule has 1 N–H and O–H groups in total. The van der Waals surface area contributed by atoms with Gasteiger partial charge < -0.3 is 19.5 Å². The molecule has 0 bridgehead atoms. The molecule has 0 aliphatic carbocycles. The summed E-state index contributed by atoms with van der Waals surface area (Å²) >= 11 is 0. The van der Waals surface area contributed by atoms with E-state index in [2.05, 4.69) is 57.0 Å². The van der Waals surface area contributed by atoms with Gasteiger partial charge in [0.1, 0.15) is 5.82 Å². The molecule has 1 aliphatic rings. The topological polar surface area (TPSA) is 46.6 Å². The molecule has 0 atom stereocenters. The molecule has 1 aliphatic heterocycles. The van der Waals surface area contributed by atoms with Crippen LogP contribution in [0.15, 0.2) is 18.3 Å². The molecule has 5 nitrogen and oxygen atoms in total. The third-order valence-electron chi connectivity index (χ3n) is 4.17. The van der Waals surface area contributed by atoms with E-state index in [4.69, 9.17) is 9.31 Å². The Morgan fingerprint density at radius 1 is 1.19 bits per heavy atom. The van der Waals surface area contributed by atoms with Crippen LogP contribution in [0, 0.1) is 0 Å². The SMILES string of the molecule is CN(C)CCNc1cc(B2OC(C)(C)C(C)(C)O2)ccn1. The van der Waals surface area contributed by atoms with Crippen molar-refractivity contribution in [2.75, 3.05) is 32.5 Å². The fraction of sp³-hybridized carbons (Fsp3) is 0.667. The predicted molar refractivity (Wildman–Crippen MR) is 87.0 cm³/mol. The van der Waals surface area contributed by atoms with E-state index in [0.29, 0.717) is 0 Å². The summed E-state index contributed by atoms with van der Waals surface area (Å²) in [6, 6.07) is 3.94. The van der Waals surface area contributed by atoms with Crippen LogP contribution in [0.5, 0.6) is 0 Å².